The molecule has 21 heavy (non-hydrogen) atoms. The lowest BCUT2D eigenvalue weighted by Gasteiger charge is -2.18. The minimum Gasteiger partial charge on any atom is -0.376 e. The van der Waals surface area contributed by atoms with Gasteiger partial charge in [-0.2, -0.15) is 0 Å². The van der Waals surface area contributed by atoms with E-state index < -0.39 is 4.92 Å². The van der Waals surface area contributed by atoms with E-state index in [1.807, 2.05) is 18.2 Å². The van der Waals surface area contributed by atoms with Crippen LogP contribution in [-0.2, 0) is 6.42 Å². The number of anilines is 1. The number of hydrogen-bond acceptors (Lipinski definition) is 3. The quantitative estimate of drug-likeness (QED) is 0.622. The molecular weight excluding hydrogens is 288 g/mol. The van der Waals surface area contributed by atoms with Crippen LogP contribution in [0.4, 0.5) is 11.4 Å². The smallest absolute Gasteiger partial charge is 0.292 e. The van der Waals surface area contributed by atoms with Gasteiger partial charge in [0.25, 0.3) is 5.69 Å². The molecule has 0 heterocycles. The molecule has 2 aromatic rings. The molecule has 2 aromatic carbocycles. The van der Waals surface area contributed by atoms with Crippen LogP contribution in [0, 0.1) is 10.1 Å². The molecule has 110 valence electrons. The summed E-state index contributed by atoms with van der Waals surface area (Å²) in [6, 6.07) is 14.7. The van der Waals surface area contributed by atoms with E-state index in [2.05, 4.69) is 24.4 Å². The lowest BCUT2D eigenvalue weighted by Crippen LogP contribution is -2.21. The zero-order chi connectivity index (χ0) is 15.2. The second kappa shape index (κ2) is 7.09. The number of nitro benzene ring substituents is 1. The van der Waals surface area contributed by atoms with E-state index in [-0.39, 0.29) is 11.7 Å². The molecule has 1 unspecified atom stereocenters. The molecule has 2 rings (SSSR count). The maximum absolute atomic E-state index is 11.1. The van der Waals surface area contributed by atoms with Crippen LogP contribution in [0.2, 0.25) is 5.02 Å². The van der Waals surface area contributed by atoms with Gasteiger partial charge in [-0.1, -0.05) is 48.9 Å². The van der Waals surface area contributed by atoms with Gasteiger partial charge in [-0.3, -0.25) is 10.1 Å². The molecule has 0 spiro atoms. The summed E-state index contributed by atoms with van der Waals surface area (Å²) in [5.41, 5.74) is 1.71. The van der Waals surface area contributed by atoms with Crippen LogP contribution in [0.1, 0.15) is 18.9 Å². The number of nitrogens with one attached hydrogen (secondary N) is 1. The van der Waals surface area contributed by atoms with E-state index in [4.69, 9.17) is 11.6 Å². The van der Waals surface area contributed by atoms with Crippen molar-refractivity contribution in [2.24, 2.45) is 0 Å². The first-order chi connectivity index (χ1) is 10.1. The highest BCUT2D eigenvalue weighted by atomic mass is 35.5. The summed E-state index contributed by atoms with van der Waals surface area (Å²) >= 11 is 5.95. The average Bonchev–Trinajstić information content (AvgIpc) is 2.47. The van der Waals surface area contributed by atoms with Crippen molar-refractivity contribution in [2.45, 2.75) is 25.8 Å². The summed E-state index contributed by atoms with van der Waals surface area (Å²) in [5, 5.41) is 14.8. The highest BCUT2D eigenvalue weighted by Crippen LogP contribution is 2.29. The second-order valence-electron chi connectivity index (χ2n) is 4.86. The zero-order valence-corrected chi connectivity index (χ0v) is 12.5. The number of nitrogens with zero attached hydrogens (tertiary/aromatic N) is 1. The Hall–Kier alpha value is -2.07. The maximum atomic E-state index is 11.1. The van der Waals surface area contributed by atoms with Crippen molar-refractivity contribution in [3.63, 3.8) is 0 Å². The van der Waals surface area contributed by atoms with Crippen molar-refractivity contribution in [2.75, 3.05) is 5.32 Å². The van der Waals surface area contributed by atoms with Crippen molar-refractivity contribution >= 4 is 23.0 Å². The molecule has 0 saturated heterocycles. The van der Waals surface area contributed by atoms with Crippen LogP contribution < -0.4 is 5.32 Å². The van der Waals surface area contributed by atoms with E-state index >= 15 is 0 Å². The highest BCUT2D eigenvalue weighted by Gasteiger charge is 2.17. The summed E-state index contributed by atoms with van der Waals surface area (Å²) in [6.07, 6.45) is 1.67. The van der Waals surface area contributed by atoms with Crippen LogP contribution in [0.5, 0.6) is 0 Å². The molecule has 1 N–H and O–H groups in total. The van der Waals surface area contributed by atoms with Gasteiger partial charge >= 0.3 is 0 Å². The Morgan fingerprint density at radius 1 is 1.24 bits per heavy atom. The fraction of sp³-hybridized carbons (Fsp3) is 0.250. The number of halogens is 1. The van der Waals surface area contributed by atoms with Crippen molar-refractivity contribution in [3.05, 3.63) is 69.2 Å². The summed E-state index contributed by atoms with van der Waals surface area (Å²) in [4.78, 5) is 10.7. The van der Waals surface area contributed by atoms with Gasteiger partial charge in [-0.15, -0.1) is 0 Å². The molecule has 4 nitrogen and oxygen atoms in total. The lowest BCUT2D eigenvalue weighted by atomic mass is 10.0. The minimum absolute atomic E-state index is 0.0471. The van der Waals surface area contributed by atoms with Crippen molar-refractivity contribution in [3.8, 4) is 0 Å². The molecule has 0 radical (unpaired) electrons. The topological polar surface area (TPSA) is 55.2 Å². The zero-order valence-electron chi connectivity index (χ0n) is 11.8. The number of nitro groups is 1. The number of rotatable bonds is 6. The molecule has 0 aromatic heterocycles. The van der Waals surface area contributed by atoms with E-state index in [9.17, 15) is 10.1 Å². The third-order valence-electron chi connectivity index (χ3n) is 3.33. The van der Waals surface area contributed by atoms with Crippen LogP contribution in [-0.4, -0.2) is 11.0 Å². The molecule has 0 bridgehead atoms. The fourth-order valence-corrected chi connectivity index (χ4v) is 2.37. The third kappa shape index (κ3) is 4.20. The standard InChI is InChI=1S/C16H17ClN2O2/c1-2-14(10-12-6-4-3-5-7-12)18-15-11-13(17)8-9-16(15)19(20)21/h3-9,11,14,18H,2,10H2,1H3. The SMILES string of the molecule is CCC(Cc1ccccc1)Nc1cc(Cl)ccc1[N+](=O)[O-]. The molecule has 0 saturated carbocycles. The molecule has 0 fully saturated rings. The predicted octanol–water partition coefficient (Wildman–Crippen LogP) is 4.68. The Bertz CT molecular complexity index is 617. The first kappa shape index (κ1) is 15.3. The molecule has 0 amide bonds. The van der Waals surface area contributed by atoms with E-state index in [1.165, 1.54) is 17.7 Å². The first-order valence-corrected chi connectivity index (χ1v) is 7.22. The Balaban J connectivity index is 2.18. The normalized spacial score (nSPS) is 11.9. The van der Waals surface area contributed by atoms with Crippen molar-refractivity contribution in [1.29, 1.82) is 0 Å². The minimum atomic E-state index is -0.395. The Labute approximate surface area is 128 Å². The monoisotopic (exact) mass is 304 g/mol. The van der Waals surface area contributed by atoms with Crippen LogP contribution in [0.15, 0.2) is 48.5 Å². The maximum Gasteiger partial charge on any atom is 0.292 e. The van der Waals surface area contributed by atoms with Gasteiger partial charge < -0.3 is 5.32 Å². The first-order valence-electron chi connectivity index (χ1n) is 6.84. The lowest BCUT2D eigenvalue weighted by molar-refractivity contribution is -0.384. The van der Waals surface area contributed by atoms with Crippen LogP contribution in [0.25, 0.3) is 0 Å². The van der Waals surface area contributed by atoms with Crippen molar-refractivity contribution in [1.82, 2.24) is 0 Å². The predicted molar refractivity (Wildman–Crippen MR) is 86.0 cm³/mol. The Kier molecular flexibility index (Phi) is 5.17. The molecule has 1 atom stereocenters. The molecular formula is C16H17ClN2O2. The van der Waals surface area contributed by atoms with Gasteiger partial charge in [0, 0.05) is 17.1 Å². The highest BCUT2D eigenvalue weighted by molar-refractivity contribution is 6.31. The number of benzene rings is 2. The van der Waals surface area contributed by atoms with Gasteiger partial charge in [-0.25, -0.2) is 0 Å². The van der Waals surface area contributed by atoms with Crippen LogP contribution >= 0.6 is 11.6 Å². The summed E-state index contributed by atoms with van der Waals surface area (Å²) < 4.78 is 0. The van der Waals surface area contributed by atoms with Gasteiger partial charge in [-0.05, 0) is 30.5 Å². The van der Waals surface area contributed by atoms with Crippen LogP contribution in [0.3, 0.4) is 0 Å². The average molecular weight is 305 g/mol. The molecule has 0 aliphatic heterocycles. The van der Waals surface area contributed by atoms with E-state index in [1.54, 1.807) is 6.07 Å². The van der Waals surface area contributed by atoms with Gasteiger partial charge in [0.05, 0.1) is 4.92 Å². The fourth-order valence-electron chi connectivity index (χ4n) is 2.20. The van der Waals surface area contributed by atoms with Crippen molar-refractivity contribution < 1.29 is 4.92 Å². The second-order valence-corrected chi connectivity index (χ2v) is 5.29. The third-order valence-corrected chi connectivity index (χ3v) is 3.57. The van der Waals surface area contributed by atoms with E-state index in [0.29, 0.717) is 10.7 Å². The summed E-state index contributed by atoms with van der Waals surface area (Å²) in [6.45, 7) is 2.05. The van der Waals surface area contributed by atoms with Gasteiger partial charge in [0.1, 0.15) is 5.69 Å². The largest absolute Gasteiger partial charge is 0.376 e. The van der Waals surface area contributed by atoms with Gasteiger partial charge in [0.15, 0.2) is 0 Å². The summed E-state index contributed by atoms with van der Waals surface area (Å²) in [7, 11) is 0. The Morgan fingerprint density at radius 3 is 2.57 bits per heavy atom. The molecule has 0 aliphatic carbocycles. The molecule has 0 aliphatic rings. The van der Waals surface area contributed by atoms with E-state index in [0.717, 1.165) is 12.8 Å². The Morgan fingerprint density at radius 2 is 1.95 bits per heavy atom. The summed E-state index contributed by atoms with van der Waals surface area (Å²) in [5.74, 6) is 0. The van der Waals surface area contributed by atoms with Gasteiger partial charge in [0.2, 0.25) is 0 Å². The number of hydrogen-bond donors (Lipinski definition) is 1. The molecule has 5 heteroatoms.